The van der Waals surface area contributed by atoms with Gasteiger partial charge in [-0.1, -0.05) is 60.6 Å². The SMILES string of the molecule is CCc1cccc2c(C(=O)CSc3nnc(COc4ccccc4Cl)o3)c[nH]c12. The molecule has 0 saturated heterocycles. The highest BCUT2D eigenvalue weighted by atomic mass is 35.5. The summed E-state index contributed by atoms with van der Waals surface area (Å²) in [6.07, 6.45) is 2.67. The number of fused-ring (bicyclic) bond motifs is 1. The van der Waals surface area contributed by atoms with E-state index in [2.05, 4.69) is 28.2 Å². The molecule has 0 aliphatic carbocycles. The van der Waals surface area contributed by atoms with E-state index in [1.807, 2.05) is 24.3 Å². The number of ether oxygens (including phenoxy) is 1. The number of aromatic amines is 1. The third-order valence-corrected chi connectivity index (χ3v) is 5.58. The molecule has 148 valence electrons. The summed E-state index contributed by atoms with van der Waals surface area (Å²) in [5.74, 6) is 1.07. The van der Waals surface area contributed by atoms with Crippen molar-refractivity contribution < 1.29 is 13.9 Å². The summed E-state index contributed by atoms with van der Waals surface area (Å²) in [7, 11) is 0. The first-order chi connectivity index (χ1) is 14.2. The van der Waals surface area contributed by atoms with Gasteiger partial charge in [0.1, 0.15) is 5.75 Å². The number of benzene rings is 2. The predicted octanol–water partition coefficient (Wildman–Crippen LogP) is 5.32. The van der Waals surface area contributed by atoms with Gasteiger partial charge in [-0.05, 0) is 24.1 Å². The van der Waals surface area contributed by atoms with Crippen LogP contribution < -0.4 is 4.74 Å². The van der Waals surface area contributed by atoms with Gasteiger partial charge in [0.15, 0.2) is 12.4 Å². The van der Waals surface area contributed by atoms with E-state index in [0.717, 1.165) is 17.3 Å². The van der Waals surface area contributed by atoms with Crippen LogP contribution in [0.25, 0.3) is 10.9 Å². The van der Waals surface area contributed by atoms with Gasteiger partial charge >= 0.3 is 0 Å². The number of nitrogens with one attached hydrogen (secondary N) is 1. The maximum Gasteiger partial charge on any atom is 0.277 e. The van der Waals surface area contributed by atoms with E-state index in [-0.39, 0.29) is 18.1 Å². The van der Waals surface area contributed by atoms with Crippen molar-refractivity contribution in [3.8, 4) is 5.75 Å². The number of Topliss-reactive ketones (excluding diaryl/α,β-unsaturated/α-hetero) is 1. The van der Waals surface area contributed by atoms with E-state index in [0.29, 0.717) is 27.4 Å². The first-order valence-electron chi connectivity index (χ1n) is 9.10. The molecule has 0 fully saturated rings. The van der Waals surface area contributed by atoms with Gasteiger partial charge in [-0.3, -0.25) is 4.79 Å². The fraction of sp³-hybridized carbons (Fsp3) is 0.190. The molecule has 1 N–H and O–H groups in total. The van der Waals surface area contributed by atoms with Crippen molar-refractivity contribution in [1.82, 2.24) is 15.2 Å². The van der Waals surface area contributed by atoms with E-state index in [1.165, 1.54) is 17.3 Å². The molecule has 0 amide bonds. The molecule has 4 aromatic rings. The molecule has 0 unspecified atom stereocenters. The standard InChI is InChI=1S/C21H18ClN3O3S/c1-2-13-6-5-7-14-15(10-23-20(13)14)17(26)12-29-21-25-24-19(28-21)11-27-18-9-4-3-8-16(18)22/h3-10,23H,2,11-12H2,1H3. The molecule has 29 heavy (non-hydrogen) atoms. The monoisotopic (exact) mass is 427 g/mol. The Bertz CT molecular complexity index is 1160. The van der Waals surface area contributed by atoms with Gasteiger partial charge in [0.2, 0.25) is 0 Å². The summed E-state index contributed by atoms with van der Waals surface area (Å²) in [6, 6.07) is 13.2. The summed E-state index contributed by atoms with van der Waals surface area (Å²) in [6.45, 7) is 2.20. The molecule has 0 aliphatic heterocycles. The molecule has 8 heteroatoms. The van der Waals surface area contributed by atoms with Crippen molar-refractivity contribution in [3.05, 3.63) is 70.7 Å². The van der Waals surface area contributed by atoms with Crippen LogP contribution in [0.1, 0.15) is 28.7 Å². The fourth-order valence-corrected chi connectivity index (χ4v) is 3.86. The zero-order valence-electron chi connectivity index (χ0n) is 15.6. The third-order valence-electron chi connectivity index (χ3n) is 4.45. The van der Waals surface area contributed by atoms with Gasteiger partial charge in [-0.2, -0.15) is 0 Å². The minimum Gasteiger partial charge on any atom is -0.482 e. The van der Waals surface area contributed by atoms with Crippen molar-refractivity contribution in [2.24, 2.45) is 0 Å². The van der Waals surface area contributed by atoms with Crippen LogP contribution in [0.4, 0.5) is 0 Å². The first kappa shape index (κ1) is 19.5. The van der Waals surface area contributed by atoms with Crippen molar-refractivity contribution >= 4 is 40.0 Å². The maximum atomic E-state index is 12.7. The number of hydrogen-bond acceptors (Lipinski definition) is 6. The van der Waals surface area contributed by atoms with Crippen molar-refractivity contribution in [1.29, 1.82) is 0 Å². The predicted molar refractivity (Wildman–Crippen MR) is 113 cm³/mol. The molecular formula is C21H18ClN3O3S. The molecule has 4 rings (SSSR count). The summed E-state index contributed by atoms with van der Waals surface area (Å²) in [5.41, 5.74) is 2.87. The van der Waals surface area contributed by atoms with Crippen molar-refractivity contribution in [2.45, 2.75) is 25.2 Å². The molecule has 2 heterocycles. The quantitative estimate of drug-likeness (QED) is 0.302. The number of aryl methyl sites for hydroxylation is 1. The second-order valence-corrected chi connectivity index (χ2v) is 7.62. The Morgan fingerprint density at radius 1 is 1.21 bits per heavy atom. The van der Waals surface area contributed by atoms with Crippen LogP contribution in [0.3, 0.4) is 0 Å². The number of para-hydroxylation sites is 2. The molecule has 0 bridgehead atoms. The van der Waals surface area contributed by atoms with E-state index < -0.39 is 0 Å². The van der Waals surface area contributed by atoms with Crippen LogP contribution >= 0.6 is 23.4 Å². The Morgan fingerprint density at radius 3 is 2.90 bits per heavy atom. The van der Waals surface area contributed by atoms with Gasteiger partial charge in [-0.25, -0.2) is 0 Å². The molecule has 0 spiro atoms. The molecular weight excluding hydrogens is 410 g/mol. The average Bonchev–Trinajstić information content (AvgIpc) is 3.38. The van der Waals surface area contributed by atoms with Crippen LogP contribution in [0.5, 0.6) is 5.75 Å². The van der Waals surface area contributed by atoms with Gasteiger partial charge in [0, 0.05) is 22.7 Å². The lowest BCUT2D eigenvalue weighted by molar-refractivity contribution is 0.102. The fourth-order valence-electron chi connectivity index (χ4n) is 3.00. The first-order valence-corrected chi connectivity index (χ1v) is 10.5. The number of rotatable bonds is 8. The highest BCUT2D eigenvalue weighted by Crippen LogP contribution is 2.26. The number of H-pyrrole nitrogens is 1. The summed E-state index contributed by atoms with van der Waals surface area (Å²) < 4.78 is 11.1. The summed E-state index contributed by atoms with van der Waals surface area (Å²) in [4.78, 5) is 15.9. The minimum absolute atomic E-state index is 0.00145. The molecule has 2 aromatic heterocycles. The van der Waals surface area contributed by atoms with E-state index >= 15 is 0 Å². The lowest BCUT2D eigenvalue weighted by Gasteiger charge is -2.04. The number of halogens is 1. The number of ketones is 1. The van der Waals surface area contributed by atoms with Gasteiger partial charge in [0.05, 0.1) is 10.8 Å². The van der Waals surface area contributed by atoms with Gasteiger partial charge in [0.25, 0.3) is 11.1 Å². The van der Waals surface area contributed by atoms with Crippen LogP contribution in [-0.4, -0.2) is 26.7 Å². The molecule has 2 aromatic carbocycles. The molecule has 0 saturated carbocycles. The molecule has 0 radical (unpaired) electrons. The number of hydrogen-bond donors (Lipinski definition) is 1. The zero-order valence-corrected chi connectivity index (χ0v) is 17.2. The second kappa shape index (κ2) is 8.71. The Labute approximate surface area is 176 Å². The van der Waals surface area contributed by atoms with Crippen LogP contribution in [0.2, 0.25) is 5.02 Å². The Kier molecular flexibility index (Phi) is 5.87. The van der Waals surface area contributed by atoms with E-state index in [1.54, 1.807) is 18.3 Å². The Morgan fingerprint density at radius 2 is 2.07 bits per heavy atom. The smallest absolute Gasteiger partial charge is 0.277 e. The molecule has 0 atom stereocenters. The van der Waals surface area contributed by atoms with Crippen LogP contribution in [0.15, 0.2) is 58.3 Å². The van der Waals surface area contributed by atoms with E-state index in [9.17, 15) is 4.79 Å². The minimum atomic E-state index is 0.00145. The third kappa shape index (κ3) is 4.31. The molecule has 0 aliphatic rings. The topological polar surface area (TPSA) is 81.0 Å². The van der Waals surface area contributed by atoms with E-state index in [4.69, 9.17) is 20.8 Å². The number of aromatic nitrogens is 3. The van der Waals surface area contributed by atoms with Crippen LogP contribution in [-0.2, 0) is 13.0 Å². The van der Waals surface area contributed by atoms with Gasteiger partial charge in [-0.15, -0.1) is 10.2 Å². The second-order valence-electron chi connectivity index (χ2n) is 6.29. The average molecular weight is 428 g/mol. The number of nitrogens with zero attached hydrogens (tertiary/aromatic N) is 2. The maximum absolute atomic E-state index is 12.7. The number of thioether (sulfide) groups is 1. The lowest BCUT2D eigenvalue weighted by atomic mass is 10.1. The summed E-state index contributed by atoms with van der Waals surface area (Å²) >= 11 is 7.26. The highest BCUT2D eigenvalue weighted by molar-refractivity contribution is 7.99. The Balaban J connectivity index is 1.37. The highest BCUT2D eigenvalue weighted by Gasteiger charge is 2.16. The van der Waals surface area contributed by atoms with Crippen molar-refractivity contribution in [2.75, 3.05) is 5.75 Å². The van der Waals surface area contributed by atoms with Gasteiger partial charge < -0.3 is 14.1 Å². The molecule has 6 nitrogen and oxygen atoms in total. The van der Waals surface area contributed by atoms with Crippen LogP contribution in [0, 0.1) is 0 Å². The number of carbonyl (C=O) groups excluding carboxylic acids is 1. The Hall–Kier alpha value is -2.77. The zero-order chi connectivity index (χ0) is 20.2. The van der Waals surface area contributed by atoms with Crippen molar-refractivity contribution in [3.63, 3.8) is 0 Å². The largest absolute Gasteiger partial charge is 0.482 e. The number of carbonyl (C=O) groups is 1. The normalized spacial score (nSPS) is 11.1. The summed E-state index contributed by atoms with van der Waals surface area (Å²) in [5, 5.41) is 9.69. The lowest BCUT2D eigenvalue weighted by Crippen LogP contribution is -2.01.